The van der Waals surface area contributed by atoms with E-state index in [1.54, 1.807) is 23.1 Å². The molecule has 1 aliphatic heterocycles. The molecule has 1 aliphatic carbocycles. The highest BCUT2D eigenvalue weighted by molar-refractivity contribution is 9.10. The van der Waals surface area contributed by atoms with Crippen molar-refractivity contribution in [2.24, 2.45) is 5.92 Å². The Balaban J connectivity index is 1.48. The lowest BCUT2D eigenvalue weighted by Gasteiger charge is -2.32. The minimum Gasteiger partial charge on any atom is -0.383 e. The molecule has 1 amide bonds. The van der Waals surface area contributed by atoms with Crippen LogP contribution in [0.25, 0.3) is 10.9 Å². The van der Waals surface area contributed by atoms with E-state index in [0.29, 0.717) is 46.0 Å². The zero-order valence-corrected chi connectivity index (χ0v) is 19.6. The summed E-state index contributed by atoms with van der Waals surface area (Å²) in [5, 5.41) is 0.751. The lowest BCUT2D eigenvalue weighted by molar-refractivity contribution is -0.137. The maximum Gasteiger partial charge on any atom is 0.417 e. The summed E-state index contributed by atoms with van der Waals surface area (Å²) in [5.74, 6) is 0.540. The SMILES string of the molecule is Nc1nc2ccc(C(=O)N(Cc3ccc(C(F)(F)F)cn3)[C@H]3CCO[C@@H]3C3CC3)cc2cc1Br. The van der Waals surface area contributed by atoms with Gasteiger partial charge < -0.3 is 15.4 Å². The van der Waals surface area contributed by atoms with Crippen molar-refractivity contribution in [3.63, 3.8) is 0 Å². The first-order valence-electron chi connectivity index (χ1n) is 11.0. The van der Waals surface area contributed by atoms with Crippen LogP contribution in [-0.2, 0) is 17.5 Å². The van der Waals surface area contributed by atoms with Gasteiger partial charge in [-0.25, -0.2) is 4.98 Å². The summed E-state index contributed by atoms with van der Waals surface area (Å²) >= 11 is 3.37. The maximum absolute atomic E-state index is 13.8. The monoisotopic (exact) mass is 534 g/mol. The summed E-state index contributed by atoms with van der Waals surface area (Å²) in [4.78, 5) is 23.8. The number of aromatic nitrogens is 2. The molecular weight excluding hydrogens is 513 g/mol. The van der Waals surface area contributed by atoms with Crippen LogP contribution in [0.5, 0.6) is 0 Å². The first-order valence-corrected chi connectivity index (χ1v) is 11.8. The highest BCUT2D eigenvalue weighted by Crippen LogP contribution is 2.41. The number of ether oxygens (including phenoxy) is 1. The van der Waals surface area contributed by atoms with Crippen LogP contribution in [0.2, 0.25) is 0 Å². The number of amides is 1. The maximum atomic E-state index is 13.8. The second kappa shape index (κ2) is 8.81. The molecule has 1 saturated heterocycles. The first kappa shape index (κ1) is 23.0. The Morgan fingerprint density at radius 3 is 2.65 bits per heavy atom. The molecule has 2 aromatic heterocycles. The largest absolute Gasteiger partial charge is 0.417 e. The smallest absolute Gasteiger partial charge is 0.383 e. The molecule has 2 N–H and O–H groups in total. The van der Waals surface area contributed by atoms with Gasteiger partial charge >= 0.3 is 6.18 Å². The molecule has 3 aromatic rings. The third kappa shape index (κ3) is 4.61. The molecular formula is C24H22BrF3N4O2. The second-order valence-electron chi connectivity index (χ2n) is 8.76. The normalized spacial score (nSPS) is 20.6. The molecule has 10 heteroatoms. The minimum atomic E-state index is -4.46. The van der Waals surface area contributed by atoms with E-state index in [4.69, 9.17) is 10.5 Å². The second-order valence-corrected chi connectivity index (χ2v) is 9.62. The number of nitrogens with two attached hydrogens (primary N) is 1. The van der Waals surface area contributed by atoms with Gasteiger partial charge in [-0.1, -0.05) is 0 Å². The van der Waals surface area contributed by atoms with E-state index >= 15 is 0 Å². The Morgan fingerprint density at radius 1 is 1.18 bits per heavy atom. The Hall–Kier alpha value is -2.72. The molecule has 2 aliphatic rings. The van der Waals surface area contributed by atoms with E-state index in [0.717, 1.165) is 30.5 Å². The fourth-order valence-electron chi connectivity index (χ4n) is 4.47. The molecule has 0 spiro atoms. The van der Waals surface area contributed by atoms with Gasteiger partial charge in [0.15, 0.2) is 0 Å². The molecule has 178 valence electrons. The number of nitrogens with zero attached hydrogens (tertiary/aromatic N) is 3. The molecule has 3 heterocycles. The van der Waals surface area contributed by atoms with Crippen LogP contribution < -0.4 is 5.73 Å². The number of anilines is 1. The number of fused-ring (bicyclic) bond motifs is 1. The molecule has 2 atom stereocenters. The first-order chi connectivity index (χ1) is 16.2. The number of hydrogen-bond donors (Lipinski definition) is 1. The fraction of sp³-hybridized carbons (Fsp3) is 0.375. The van der Waals surface area contributed by atoms with E-state index < -0.39 is 11.7 Å². The Bertz CT molecular complexity index is 1230. The van der Waals surface area contributed by atoms with Crippen LogP contribution >= 0.6 is 15.9 Å². The van der Waals surface area contributed by atoms with Gasteiger partial charge in [-0.3, -0.25) is 9.78 Å². The van der Waals surface area contributed by atoms with Gasteiger partial charge in [0, 0.05) is 23.8 Å². The predicted octanol–water partition coefficient (Wildman–Crippen LogP) is 5.20. The summed E-state index contributed by atoms with van der Waals surface area (Å²) in [5.41, 5.74) is 6.55. The van der Waals surface area contributed by atoms with Crippen molar-refractivity contribution in [1.82, 2.24) is 14.9 Å². The molecule has 5 rings (SSSR count). The van der Waals surface area contributed by atoms with Crippen LogP contribution in [-0.4, -0.2) is 39.5 Å². The standard InChI is InChI=1S/C24H22BrF3N4O2/c25-18-10-15-9-14(3-6-19(15)31-22(18)29)23(33)32(20-7-8-34-21(20)13-1-2-13)12-17-5-4-16(11-30-17)24(26,27)28/h3-6,9-11,13,20-21H,1-2,7-8,12H2,(H2,29,31)/t20-,21+/m0/s1. The summed E-state index contributed by atoms with van der Waals surface area (Å²) in [6.45, 7) is 0.639. The molecule has 6 nitrogen and oxygen atoms in total. The summed E-state index contributed by atoms with van der Waals surface area (Å²) in [6.07, 6.45) is -0.948. The lowest BCUT2D eigenvalue weighted by Crippen LogP contribution is -2.45. The number of carbonyl (C=O) groups excluding carboxylic acids is 1. The van der Waals surface area contributed by atoms with Gasteiger partial charge in [0.05, 0.1) is 39.9 Å². The molecule has 1 saturated carbocycles. The van der Waals surface area contributed by atoms with Crippen LogP contribution in [0.15, 0.2) is 47.1 Å². The Kier molecular flexibility index (Phi) is 5.97. The summed E-state index contributed by atoms with van der Waals surface area (Å²) < 4.78 is 45.5. The van der Waals surface area contributed by atoms with Gasteiger partial charge in [-0.05, 0) is 77.5 Å². The molecule has 2 fully saturated rings. The average Bonchev–Trinajstić information content (AvgIpc) is 3.54. The van der Waals surface area contributed by atoms with Gasteiger partial charge in [0.2, 0.25) is 0 Å². The highest BCUT2D eigenvalue weighted by atomic mass is 79.9. The molecule has 0 radical (unpaired) electrons. The van der Waals surface area contributed by atoms with Crippen molar-refractivity contribution in [1.29, 1.82) is 0 Å². The van der Waals surface area contributed by atoms with Gasteiger partial charge in [-0.15, -0.1) is 0 Å². The number of halogens is 4. The lowest BCUT2D eigenvalue weighted by atomic mass is 10.0. The zero-order valence-electron chi connectivity index (χ0n) is 18.1. The van der Waals surface area contributed by atoms with Crippen molar-refractivity contribution in [2.45, 2.75) is 44.1 Å². The molecule has 0 bridgehead atoms. The number of rotatable bonds is 5. The van der Waals surface area contributed by atoms with Gasteiger partial charge in [0.25, 0.3) is 5.91 Å². The quantitative estimate of drug-likeness (QED) is 0.486. The number of benzene rings is 1. The topological polar surface area (TPSA) is 81.3 Å². The molecule has 34 heavy (non-hydrogen) atoms. The van der Waals surface area contributed by atoms with Crippen molar-refractivity contribution < 1.29 is 22.7 Å². The summed E-state index contributed by atoms with van der Waals surface area (Å²) in [6, 6.07) is 9.15. The van der Waals surface area contributed by atoms with Gasteiger partial charge in [-0.2, -0.15) is 13.2 Å². The Labute approximate surface area is 202 Å². The van der Waals surface area contributed by atoms with E-state index in [1.807, 2.05) is 6.07 Å². The van der Waals surface area contributed by atoms with Crippen LogP contribution in [0.4, 0.5) is 19.0 Å². The number of pyridine rings is 2. The van der Waals surface area contributed by atoms with Crippen LogP contribution in [0.3, 0.4) is 0 Å². The van der Waals surface area contributed by atoms with E-state index in [-0.39, 0.29) is 24.6 Å². The van der Waals surface area contributed by atoms with Gasteiger partial charge in [0.1, 0.15) is 5.82 Å². The third-order valence-corrected chi connectivity index (χ3v) is 7.01. The average molecular weight is 535 g/mol. The van der Waals surface area contributed by atoms with Crippen LogP contribution in [0, 0.1) is 5.92 Å². The fourth-order valence-corrected chi connectivity index (χ4v) is 4.81. The van der Waals surface area contributed by atoms with E-state index in [1.165, 1.54) is 6.07 Å². The number of hydrogen-bond acceptors (Lipinski definition) is 5. The molecule has 0 unspecified atom stereocenters. The number of carbonyl (C=O) groups is 1. The van der Waals surface area contributed by atoms with Crippen molar-refractivity contribution >= 4 is 38.6 Å². The highest BCUT2D eigenvalue weighted by Gasteiger charge is 2.44. The van der Waals surface area contributed by atoms with E-state index in [2.05, 4.69) is 25.9 Å². The molecule has 1 aromatic carbocycles. The predicted molar refractivity (Wildman–Crippen MR) is 124 cm³/mol. The zero-order chi connectivity index (χ0) is 24.0. The van der Waals surface area contributed by atoms with Crippen molar-refractivity contribution in [3.05, 3.63) is 63.9 Å². The Morgan fingerprint density at radius 2 is 1.97 bits per heavy atom. The van der Waals surface area contributed by atoms with Crippen molar-refractivity contribution in [3.8, 4) is 0 Å². The third-order valence-electron chi connectivity index (χ3n) is 6.38. The number of nitrogen functional groups attached to an aromatic ring is 1. The van der Waals surface area contributed by atoms with Crippen molar-refractivity contribution in [2.75, 3.05) is 12.3 Å². The van der Waals surface area contributed by atoms with Crippen LogP contribution in [0.1, 0.15) is 40.9 Å². The summed E-state index contributed by atoms with van der Waals surface area (Å²) in [7, 11) is 0. The number of alkyl halides is 3. The minimum absolute atomic E-state index is 0.0746. The van der Waals surface area contributed by atoms with E-state index in [9.17, 15) is 18.0 Å².